The second kappa shape index (κ2) is 12.3. The molecule has 2 aromatic carbocycles. The lowest BCUT2D eigenvalue weighted by Gasteiger charge is -2.41. The largest absolute Gasteiger partial charge is 0.494 e. The van der Waals surface area contributed by atoms with Crippen LogP contribution in [-0.4, -0.2) is 48.9 Å². The van der Waals surface area contributed by atoms with Crippen molar-refractivity contribution in [3.05, 3.63) is 65.7 Å². The van der Waals surface area contributed by atoms with Crippen molar-refractivity contribution >= 4 is 5.97 Å². The molecule has 2 aromatic rings. The number of carbonyl (C=O) groups is 1. The monoisotopic (exact) mass is 435 g/mol. The number of aliphatic hydroxyl groups is 1. The number of hydrogen-bond acceptors (Lipinski definition) is 5. The van der Waals surface area contributed by atoms with Crippen molar-refractivity contribution in [1.29, 1.82) is 0 Å². The molecule has 0 radical (unpaired) electrons. The maximum atomic E-state index is 13.0. The zero-order valence-corrected chi connectivity index (χ0v) is 18.9. The number of rotatable bonds is 9. The van der Waals surface area contributed by atoms with E-state index in [1.807, 2.05) is 49.4 Å². The number of ether oxygens (including phenoxy) is 2. The third-order valence-electron chi connectivity index (χ3n) is 5.79. The molecule has 1 saturated heterocycles. The topological polar surface area (TPSA) is 59.0 Å². The minimum Gasteiger partial charge on any atom is -0.494 e. The maximum Gasteiger partial charge on any atom is 0.313 e. The molecule has 170 valence electrons. The van der Waals surface area contributed by atoms with Gasteiger partial charge in [-0.15, -0.1) is 0 Å². The van der Waals surface area contributed by atoms with Gasteiger partial charge in [-0.3, -0.25) is 9.69 Å². The first kappa shape index (κ1) is 23.8. The van der Waals surface area contributed by atoms with E-state index >= 15 is 0 Å². The van der Waals surface area contributed by atoms with E-state index in [0.717, 1.165) is 37.2 Å². The lowest BCUT2D eigenvalue weighted by Crippen LogP contribution is -2.49. The molecular formula is C27H33NO4. The first-order valence-corrected chi connectivity index (χ1v) is 11.4. The predicted molar refractivity (Wildman–Crippen MR) is 125 cm³/mol. The molecular weight excluding hydrogens is 402 g/mol. The summed E-state index contributed by atoms with van der Waals surface area (Å²) in [6.45, 7) is 5.22. The molecule has 1 heterocycles. The van der Waals surface area contributed by atoms with Crippen molar-refractivity contribution in [2.75, 3.05) is 32.9 Å². The lowest BCUT2D eigenvalue weighted by atomic mass is 9.77. The quantitative estimate of drug-likeness (QED) is 0.476. The Labute approximate surface area is 191 Å². The fourth-order valence-electron chi connectivity index (χ4n) is 4.17. The summed E-state index contributed by atoms with van der Waals surface area (Å²) >= 11 is 0. The van der Waals surface area contributed by atoms with E-state index in [1.165, 1.54) is 5.56 Å². The summed E-state index contributed by atoms with van der Waals surface area (Å²) in [7, 11) is 0. The average Bonchev–Trinajstić information content (AvgIpc) is 2.81. The second-order valence-corrected chi connectivity index (χ2v) is 8.20. The Hall–Kier alpha value is -2.81. The number of likely N-dealkylation sites (tertiary alicyclic amines) is 1. The van der Waals surface area contributed by atoms with Gasteiger partial charge >= 0.3 is 5.97 Å². The summed E-state index contributed by atoms with van der Waals surface area (Å²) in [4.78, 5) is 15.3. The molecule has 0 saturated carbocycles. The van der Waals surface area contributed by atoms with Gasteiger partial charge in [-0.1, -0.05) is 42.2 Å². The molecule has 1 N–H and O–H groups in total. The maximum absolute atomic E-state index is 13.0. The Balaban J connectivity index is 1.64. The molecule has 0 amide bonds. The lowest BCUT2D eigenvalue weighted by molar-refractivity contribution is -0.160. The van der Waals surface area contributed by atoms with Crippen molar-refractivity contribution in [2.24, 2.45) is 5.41 Å². The molecule has 0 unspecified atom stereocenters. The van der Waals surface area contributed by atoms with E-state index in [4.69, 9.17) is 14.6 Å². The van der Waals surface area contributed by atoms with Gasteiger partial charge in [-0.05, 0) is 62.6 Å². The van der Waals surface area contributed by atoms with Crippen molar-refractivity contribution in [3.63, 3.8) is 0 Å². The molecule has 1 atom stereocenters. The van der Waals surface area contributed by atoms with Crippen LogP contribution >= 0.6 is 0 Å². The summed E-state index contributed by atoms with van der Waals surface area (Å²) in [6.07, 6.45) is 2.89. The fourth-order valence-corrected chi connectivity index (χ4v) is 4.17. The highest BCUT2D eigenvalue weighted by molar-refractivity contribution is 5.77. The highest BCUT2D eigenvalue weighted by Crippen LogP contribution is 2.36. The number of aliphatic hydroxyl groups excluding tert-OH is 1. The van der Waals surface area contributed by atoms with Crippen molar-refractivity contribution < 1.29 is 19.4 Å². The number of piperidine rings is 1. The molecule has 5 nitrogen and oxygen atoms in total. The van der Waals surface area contributed by atoms with Gasteiger partial charge in [-0.25, -0.2) is 0 Å². The van der Waals surface area contributed by atoms with Gasteiger partial charge in [0.25, 0.3) is 0 Å². The van der Waals surface area contributed by atoms with E-state index < -0.39 is 5.41 Å². The number of benzene rings is 2. The van der Waals surface area contributed by atoms with Crippen LogP contribution in [0.3, 0.4) is 0 Å². The number of para-hydroxylation sites is 1. The normalized spacial score (nSPS) is 18.4. The van der Waals surface area contributed by atoms with Gasteiger partial charge in [0, 0.05) is 25.1 Å². The van der Waals surface area contributed by atoms with E-state index in [2.05, 4.69) is 28.9 Å². The summed E-state index contributed by atoms with van der Waals surface area (Å²) in [5.74, 6) is 6.71. The molecule has 0 aliphatic carbocycles. The molecule has 1 aliphatic heterocycles. The van der Waals surface area contributed by atoms with Gasteiger partial charge < -0.3 is 14.6 Å². The minimum absolute atomic E-state index is 0.0820. The zero-order chi connectivity index (χ0) is 22.7. The van der Waals surface area contributed by atoms with Crippen LogP contribution in [0.15, 0.2) is 54.6 Å². The van der Waals surface area contributed by atoms with Gasteiger partial charge in [0.05, 0.1) is 25.2 Å². The van der Waals surface area contributed by atoms with Gasteiger partial charge in [0.2, 0.25) is 0 Å². The van der Waals surface area contributed by atoms with Crippen molar-refractivity contribution in [1.82, 2.24) is 4.90 Å². The highest BCUT2D eigenvalue weighted by atomic mass is 16.5. The molecule has 5 heteroatoms. The van der Waals surface area contributed by atoms with E-state index in [9.17, 15) is 4.79 Å². The average molecular weight is 436 g/mol. The number of carbonyl (C=O) groups excluding carboxylic acids is 1. The summed E-state index contributed by atoms with van der Waals surface area (Å²) in [5, 5.41) is 8.85. The van der Waals surface area contributed by atoms with E-state index in [1.54, 1.807) is 0 Å². The molecule has 0 spiro atoms. The SMILES string of the molecule is CCOC(=O)[C@@]1(CCOc2ccccc2)CCCN(Cc2ccc(C#CCCO)cc2)C1. The minimum atomic E-state index is -0.543. The fraction of sp³-hybridized carbons (Fsp3) is 0.444. The zero-order valence-electron chi connectivity index (χ0n) is 18.9. The van der Waals surface area contributed by atoms with Gasteiger partial charge in [0.15, 0.2) is 0 Å². The predicted octanol–water partition coefficient (Wildman–Crippen LogP) is 4.03. The summed E-state index contributed by atoms with van der Waals surface area (Å²) in [6, 6.07) is 17.9. The van der Waals surface area contributed by atoms with E-state index in [0.29, 0.717) is 32.6 Å². The van der Waals surface area contributed by atoms with Crippen molar-refractivity contribution in [2.45, 2.75) is 39.2 Å². The van der Waals surface area contributed by atoms with Crippen LogP contribution in [0, 0.1) is 17.3 Å². The Morgan fingerprint density at radius 2 is 1.94 bits per heavy atom. The van der Waals surface area contributed by atoms with Crippen molar-refractivity contribution in [3.8, 4) is 17.6 Å². The third-order valence-corrected chi connectivity index (χ3v) is 5.79. The first-order valence-electron chi connectivity index (χ1n) is 11.4. The molecule has 1 aliphatic rings. The molecule has 0 aromatic heterocycles. The van der Waals surface area contributed by atoms with Crippen LogP contribution in [-0.2, 0) is 16.1 Å². The van der Waals surface area contributed by atoms with Crippen LogP contribution in [0.1, 0.15) is 43.7 Å². The van der Waals surface area contributed by atoms with Crippen LogP contribution in [0.4, 0.5) is 0 Å². The first-order chi connectivity index (χ1) is 15.6. The molecule has 3 rings (SSSR count). The summed E-state index contributed by atoms with van der Waals surface area (Å²) < 4.78 is 11.4. The number of nitrogens with zero attached hydrogens (tertiary/aromatic N) is 1. The smallest absolute Gasteiger partial charge is 0.313 e. The second-order valence-electron chi connectivity index (χ2n) is 8.20. The van der Waals surface area contributed by atoms with Crippen LogP contribution < -0.4 is 4.74 Å². The molecule has 32 heavy (non-hydrogen) atoms. The van der Waals surface area contributed by atoms with Crippen LogP contribution in [0.5, 0.6) is 5.75 Å². The Morgan fingerprint density at radius 1 is 1.16 bits per heavy atom. The third kappa shape index (κ3) is 6.85. The molecule has 0 bridgehead atoms. The number of esters is 1. The van der Waals surface area contributed by atoms with Crippen LogP contribution in [0.2, 0.25) is 0 Å². The van der Waals surface area contributed by atoms with E-state index in [-0.39, 0.29) is 12.6 Å². The Kier molecular flexibility index (Phi) is 9.15. The standard InChI is InChI=1S/C27H33NO4/c1-2-31-26(30)27(17-20-32-25-10-4-3-5-11-25)16-8-18-28(22-27)21-24-14-12-23(13-15-24)9-6-7-19-29/h3-5,10-15,29H,2,7-8,16-22H2,1H3/t27-/m1/s1. The van der Waals surface area contributed by atoms with Crippen LogP contribution in [0.25, 0.3) is 0 Å². The Morgan fingerprint density at radius 3 is 2.66 bits per heavy atom. The highest BCUT2D eigenvalue weighted by Gasteiger charge is 2.43. The number of hydrogen-bond donors (Lipinski definition) is 1. The molecule has 1 fully saturated rings. The van der Waals surface area contributed by atoms with Gasteiger partial charge in [-0.2, -0.15) is 0 Å². The Bertz CT molecular complexity index is 901. The summed E-state index contributed by atoms with van der Waals surface area (Å²) in [5.41, 5.74) is 1.59. The van der Waals surface area contributed by atoms with Gasteiger partial charge in [0.1, 0.15) is 5.75 Å².